The maximum atomic E-state index is 6.00. The molecule has 0 saturated carbocycles. The van der Waals surface area contributed by atoms with Crippen LogP contribution in [0.5, 0.6) is 5.75 Å². The molecule has 0 atom stereocenters. The Morgan fingerprint density at radius 3 is 2.81 bits per heavy atom. The molecule has 2 N–H and O–H groups in total. The van der Waals surface area contributed by atoms with Crippen molar-refractivity contribution in [3.05, 3.63) is 64.7 Å². The van der Waals surface area contributed by atoms with Gasteiger partial charge < -0.3 is 10.5 Å². The molecule has 0 fully saturated rings. The van der Waals surface area contributed by atoms with Crippen LogP contribution in [0.3, 0.4) is 0 Å². The predicted molar refractivity (Wildman–Crippen MR) is 86.7 cm³/mol. The van der Waals surface area contributed by atoms with Crippen LogP contribution in [-0.4, -0.2) is 4.98 Å². The molecule has 0 saturated heterocycles. The van der Waals surface area contributed by atoms with Crippen LogP contribution in [0, 0.1) is 6.92 Å². The fraction of sp³-hybridized carbons (Fsp3) is 0.118. The van der Waals surface area contributed by atoms with Gasteiger partial charge in [0, 0.05) is 16.0 Å². The first-order valence-electron chi connectivity index (χ1n) is 6.66. The molecule has 0 aliphatic carbocycles. The second kappa shape index (κ2) is 5.62. The molecule has 3 aromatic rings. The largest absolute Gasteiger partial charge is 0.488 e. The molecule has 3 rings (SSSR count). The van der Waals surface area contributed by atoms with Crippen molar-refractivity contribution < 1.29 is 4.74 Å². The lowest BCUT2D eigenvalue weighted by atomic mass is 10.1. The van der Waals surface area contributed by atoms with Crippen LogP contribution < -0.4 is 10.5 Å². The maximum absolute atomic E-state index is 6.00. The van der Waals surface area contributed by atoms with Gasteiger partial charge in [0.05, 0.1) is 5.52 Å². The fourth-order valence-electron chi connectivity index (χ4n) is 2.18. The number of pyridine rings is 1. The minimum atomic E-state index is 0.366. The zero-order chi connectivity index (χ0) is 14.8. The minimum Gasteiger partial charge on any atom is -0.488 e. The number of nitrogens with zero attached hydrogens (tertiary/aromatic N) is 1. The van der Waals surface area contributed by atoms with Gasteiger partial charge in [-0.15, -0.1) is 0 Å². The Hall–Kier alpha value is -2.26. The highest BCUT2D eigenvalue weighted by Gasteiger charge is 2.06. The fourth-order valence-corrected chi connectivity index (χ4v) is 2.34. The number of rotatable bonds is 3. The van der Waals surface area contributed by atoms with E-state index < -0.39 is 0 Å². The van der Waals surface area contributed by atoms with Gasteiger partial charge in [-0.2, -0.15) is 0 Å². The first kappa shape index (κ1) is 13.7. The van der Waals surface area contributed by atoms with Crippen LogP contribution in [-0.2, 0) is 6.61 Å². The van der Waals surface area contributed by atoms with Gasteiger partial charge in [0.25, 0.3) is 0 Å². The summed E-state index contributed by atoms with van der Waals surface area (Å²) in [5.41, 5.74) is 8.79. The number of para-hydroxylation sites is 1. The van der Waals surface area contributed by atoms with Crippen molar-refractivity contribution in [3.8, 4) is 5.75 Å². The minimum absolute atomic E-state index is 0.366. The van der Waals surface area contributed by atoms with Crippen LogP contribution in [0.15, 0.2) is 48.5 Å². The molecular formula is C17H15ClN2O. The third-order valence-electron chi connectivity index (χ3n) is 3.37. The lowest BCUT2D eigenvalue weighted by molar-refractivity contribution is 0.304. The van der Waals surface area contributed by atoms with E-state index in [0.717, 1.165) is 27.8 Å². The smallest absolute Gasteiger partial charge is 0.130 e. The molecule has 0 spiro atoms. The molecule has 0 amide bonds. The molecule has 0 radical (unpaired) electrons. The van der Waals surface area contributed by atoms with Crippen molar-refractivity contribution in [3.63, 3.8) is 0 Å². The van der Waals surface area contributed by atoms with E-state index in [-0.39, 0.29) is 0 Å². The van der Waals surface area contributed by atoms with Gasteiger partial charge >= 0.3 is 0 Å². The number of nitrogens with two attached hydrogens (primary N) is 1. The van der Waals surface area contributed by atoms with Gasteiger partial charge in [-0.3, -0.25) is 0 Å². The lowest BCUT2D eigenvalue weighted by Crippen LogP contribution is -2.03. The Bertz CT molecular complexity index is 802. The van der Waals surface area contributed by atoms with Gasteiger partial charge in [0.1, 0.15) is 18.2 Å². The van der Waals surface area contributed by atoms with E-state index in [0.29, 0.717) is 17.4 Å². The number of nitrogen functional groups attached to an aromatic ring is 1. The van der Waals surface area contributed by atoms with Crippen molar-refractivity contribution in [1.82, 2.24) is 4.98 Å². The first-order chi connectivity index (χ1) is 10.1. The molecule has 0 aliphatic rings. The number of hydrogen-bond donors (Lipinski definition) is 1. The summed E-state index contributed by atoms with van der Waals surface area (Å²) in [6, 6.07) is 15.5. The van der Waals surface area contributed by atoms with E-state index in [1.807, 2.05) is 55.5 Å². The standard InChI is InChI=1S/C17H15ClN2O/c1-11-6-7-14(18)9-16(11)21-10-13-8-12-4-2-3-5-15(12)20-17(13)19/h2-9H,10H2,1H3,(H2,19,20). The molecule has 3 nitrogen and oxygen atoms in total. The molecule has 0 aliphatic heterocycles. The zero-order valence-corrected chi connectivity index (χ0v) is 12.4. The van der Waals surface area contributed by atoms with E-state index in [4.69, 9.17) is 22.1 Å². The highest BCUT2D eigenvalue weighted by atomic mass is 35.5. The van der Waals surface area contributed by atoms with E-state index >= 15 is 0 Å². The molecule has 106 valence electrons. The van der Waals surface area contributed by atoms with E-state index in [1.165, 1.54) is 0 Å². The molecule has 0 bridgehead atoms. The maximum Gasteiger partial charge on any atom is 0.130 e. The molecule has 1 aromatic heterocycles. The highest BCUT2D eigenvalue weighted by Crippen LogP contribution is 2.25. The SMILES string of the molecule is Cc1ccc(Cl)cc1OCc1cc2ccccc2nc1N. The Labute approximate surface area is 128 Å². The van der Waals surface area contributed by atoms with Crippen LogP contribution >= 0.6 is 11.6 Å². The van der Waals surface area contributed by atoms with Crippen molar-refractivity contribution in [2.24, 2.45) is 0 Å². The number of anilines is 1. The summed E-state index contributed by atoms with van der Waals surface area (Å²) in [7, 11) is 0. The van der Waals surface area contributed by atoms with Gasteiger partial charge in [-0.1, -0.05) is 35.9 Å². The molecular weight excluding hydrogens is 284 g/mol. The van der Waals surface area contributed by atoms with Crippen LogP contribution in [0.25, 0.3) is 10.9 Å². The summed E-state index contributed by atoms with van der Waals surface area (Å²) in [6.45, 7) is 2.35. The van der Waals surface area contributed by atoms with Crippen LogP contribution in [0.2, 0.25) is 5.02 Å². The third-order valence-corrected chi connectivity index (χ3v) is 3.60. The van der Waals surface area contributed by atoms with Crippen molar-refractivity contribution >= 4 is 28.3 Å². The average molecular weight is 299 g/mol. The number of aryl methyl sites for hydroxylation is 1. The van der Waals surface area contributed by atoms with Gasteiger partial charge in [0.15, 0.2) is 0 Å². The Balaban J connectivity index is 1.88. The number of aromatic nitrogens is 1. The third kappa shape index (κ3) is 2.93. The first-order valence-corrected chi connectivity index (χ1v) is 7.04. The molecule has 0 unspecified atom stereocenters. The van der Waals surface area contributed by atoms with E-state index in [2.05, 4.69) is 4.98 Å². The summed E-state index contributed by atoms with van der Waals surface area (Å²) in [4.78, 5) is 4.40. The topological polar surface area (TPSA) is 48.1 Å². The van der Waals surface area contributed by atoms with Crippen molar-refractivity contribution in [1.29, 1.82) is 0 Å². The normalized spacial score (nSPS) is 10.8. The average Bonchev–Trinajstić information content (AvgIpc) is 2.48. The van der Waals surface area contributed by atoms with Gasteiger partial charge in [-0.05, 0) is 36.8 Å². The summed E-state index contributed by atoms with van der Waals surface area (Å²) >= 11 is 5.99. The summed E-state index contributed by atoms with van der Waals surface area (Å²) in [5, 5.41) is 1.70. The second-order valence-electron chi connectivity index (χ2n) is 4.92. The van der Waals surface area contributed by atoms with Crippen LogP contribution in [0.4, 0.5) is 5.82 Å². The second-order valence-corrected chi connectivity index (χ2v) is 5.36. The Kier molecular flexibility index (Phi) is 3.67. The predicted octanol–water partition coefficient (Wildman–Crippen LogP) is 4.36. The quantitative estimate of drug-likeness (QED) is 0.781. The zero-order valence-electron chi connectivity index (χ0n) is 11.6. The van der Waals surface area contributed by atoms with Crippen molar-refractivity contribution in [2.75, 3.05) is 5.73 Å². The number of fused-ring (bicyclic) bond motifs is 1. The number of ether oxygens (including phenoxy) is 1. The highest BCUT2D eigenvalue weighted by molar-refractivity contribution is 6.30. The Morgan fingerprint density at radius 2 is 1.95 bits per heavy atom. The summed E-state index contributed by atoms with van der Waals surface area (Å²) in [6.07, 6.45) is 0. The van der Waals surface area contributed by atoms with Crippen LogP contribution in [0.1, 0.15) is 11.1 Å². The van der Waals surface area contributed by atoms with E-state index in [9.17, 15) is 0 Å². The lowest BCUT2D eigenvalue weighted by Gasteiger charge is -2.11. The molecule has 4 heteroatoms. The van der Waals surface area contributed by atoms with Crippen molar-refractivity contribution in [2.45, 2.75) is 13.5 Å². The number of hydrogen-bond acceptors (Lipinski definition) is 3. The number of halogens is 1. The van der Waals surface area contributed by atoms with Gasteiger partial charge in [0.2, 0.25) is 0 Å². The van der Waals surface area contributed by atoms with Gasteiger partial charge in [-0.25, -0.2) is 4.98 Å². The number of benzene rings is 2. The molecule has 1 heterocycles. The monoisotopic (exact) mass is 298 g/mol. The Morgan fingerprint density at radius 1 is 1.14 bits per heavy atom. The van der Waals surface area contributed by atoms with E-state index in [1.54, 1.807) is 0 Å². The summed E-state index contributed by atoms with van der Waals surface area (Å²) in [5.74, 6) is 1.25. The molecule has 2 aromatic carbocycles. The summed E-state index contributed by atoms with van der Waals surface area (Å²) < 4.78 is 5.83. The molecule has 21 heavy (non-hydrogen) atoms.